The number of aliphatic hydroxyl groups is 1. The van der Waals surface area contributed by atoms with Crippen LogP contribution in [0, 0.1) is 13.8 Å². The smallest absolute Gasteiger partial charge is 0.188 e. The highest BCUT2D eigenvalue weighted by atomic mass is 35.5. The zero-order valence-corrected chi connectivity index (χ0v) is 21.9. The van der Waals surface area contributed by atoms with Crippen molar-refractivity contribution in [1.82, 2.24) is 19.9 Å². The lowest BCUT2D eigenvalue weighted by atomic mass is 10.0. The number of rotatable bonds is 10. The molecule has 0 saturated carbocycles. The Morgan fingerprint density at radius 3 is 2.67 bits per heavy atom. The van der Waals surface area contributed by atoms with Gasteiger partial charge in [0, 0.05) is 56.7 Å². The molecule has 0 unspecified atom stereocenters. The van der Waals surface area contributed by atoms with Crippen LogP contribution in [0.25, 0.3) is 0 Å². The van der Waals surface area contributed by atoms with Crippen molar-refractivity contribution < 1.29 is 14.7 Å². The Morgan fingerprint density at radius 1 is 1.17 bits per heavy atom. The van der Waals surface area contributed by atoms with Crippen LogP contribution in [-0.4, -0.2) is 75.9 Å². The number of piperazine rings is 1. The van der Waals surface area contributed by atoms with Crippen molar-refractivity contribution in [3.05, 3.63) is 57.3 Å². The zero-order chi connectivity index (χ0) is 25.7. The van der Waals surface area contributed by atoms with Crippen LogP contribution in [0.3, 0.4) is 0 Å². The van der Waals surface area contributed by atoms with Gasteiger partial charge in [-0.05, 0) is 31.0 Å². The Bertz CT molecular complexity index is 1220. The predicted octanol–water partition coefficient (Wildman–Crippen LogP) is 3.45. The lowest BCUT2D eigenvalue weighted by Gasteiger charge is -2.35. The summed E-state index contributed by atoms with van der Waals surface area (Å²) in [6.07, 6.45) is 2.18. The van der Waals surface area contributed by atoms with Crippen LogP contribution in [0.5, 0.6) is 0 Å². The van der Waals surface area contributed by atoms with Gasteiger partial charge in [0.25, 0.3) is 0 Å². The van der Waals surface area contributed by atoms with E-state index in [2.05, 4.69) is 30.1 Å². The number of nitrogens with one attached hydrogen (secondary N) is 1. The Hall–Kier alpha value is -2.92. The van der Waals surface area contributed by atoms with E-state index in [-0.39, 0.29) is 18.0 Å². The molecule has 0 atom stereocenters. The molecule has 1 saturated heterocycles. The number of aromatic nitrogens is 3. The molecule has 0 bridgehead atoms. The third kappa shape index (κ3) is 6.64. The molecule has 0 radical (unpaired) electrons. The van der Waals surface area contributed by atoms with E-state index in [0.717, 1.165) is 43.1 Å². The molecule has 9 nitrogen and oxygen atoms in total. The van der Waals surface area contributed by atoms with Crippen molar-refractivity contribution in [2.75, 3.05) is 49.5 Å². The van der Waals surface area contributed by atoms with E-state index in [1.807, 2.05) is 32.0 Å². The van der Waals surface area contributed by atoms with Gasteiger partial charge in [0.2, 0.25) is 0 Å². The average molecular weight is 529 g/mol. The van der Waals surface area contributed by atoms with Crippen LogP contribution >= 0.6 is 22.9 Å². The van der Waals surface area contributed by atoms with E-state index in [4.69, 9.17) is 16.7 Å². The summed E-state index contributed by atoms with van der Waals surface area (Å²) in [5.41, 5.74) is 1.82. The molecule has 2 aromatic heterocycles. The maximum absolute atomic E-state index is 12.8. The summed E-state index contributed by atoms with van der Waals surface area (Å²) in [6.45, 7) is 7.23. The number of anilines is 3. The van der Waals surface area contributed by atoms with Crippen molar-refractivity contribution in [1.29, 1.82) is 0 Å². The van der Waals surface area contributed by atoms with Crippen LogP contribution in [0.2, 0.25) is 5.02 Å². The summed E-state index contributed by atoms with van der Waals surface area (Å²) in [7, 11) is 0. The first kappa shape index (κ1) is 26.2. The zero-order valence-electron chi connectivity index (χ0n) is 20.3. The molecule has 1 aliphatic rings. The number of carbonyl (C=O) groups excluding carboxylic acids is 2. The number of halogens is 1. The molecule has 11 heteroatoms. The maximum Gasteiger partial charge on any atom is 0.188 e. The molecule has 2 N–H and O–H groups in total. The first-order valence-electron chi connectivity index (χ1n) is 11.8. The number of benzene rings is 1. The molecule has 4 rings (SSSR count). The van der Waals surface area contributed by atoms with Crippen molar-refractivity contribution >= 4 is 51.3 Å². The SMILES string of the molecule is Cc1nc(Nc2ncc(C(=O)Cc3c(C)cccc3Cl)s2)cc(N2CCN(CCC(=O)CO)CC2)n1. The molecule has 3 heterocycles. The minimum absolute atomic E-state index is 0.0325. The van der Waals surface area contributed by atoms with Crippen molar-refractivity contribution in [3.8, 4) is 0 Å². The van der Waals surface area contributed by atoms with Gasteiger partial charge in [0.05, 0.1) is 11.1 Å². The summed E-state index contributed by atoms with van der Waals surface area (Å²) in [4.78, 5) is 42.6. The number of carbonyl (C=O) groups is 2. The van der Waals surface area contributed by atoms with E-state index in [9.17, 15) is 9.59 Å². The molecule has 36 heavy (non-hydrogen) atoms. The second-order valence-electron chi connectivity index (χ2n) is 8.72. The highest BCUT2D eigenvalue weighted by molar-refractivity contribution is 7.17. The van der Waals surface area contributed by atoms with Gasteiger partial charge in [-0.3, -0.25) is 14.5 Å². The van der Waals surface area contributed by atoms with Crippen LogP contribution in [0.4, 0.5) is 16.8 Å². The standard InChI is InChI=1S/C25H29ClN6O3S/c1-16-4-3-5-20(26)19(16)12-21(35)22-14-27-25(36-22)30-23-13-24(29-17(2)28-23)32-10-8-31(9-11-32)7-6-18(34)15-33/h3-5,13-14,33H,6-12,15H2,1-2H3,(H,27,28,29,30). The summed E-state index contributed by atoms with van der Waals surface area (Å²) in [5.74, 6) is 1.90. The molecular weight excluding hydrogens is 500 g/mol. The summed E-state index contributed by atoms with van der Waals surface area (Å²) >= 11 is 7.57. The minimum atomic E-state index is -0.397. The van der Waals surface area contributed by atoms with Crippen molar-refractivity contribution in [2.45, 2.75) is 26.7 Å². The van der Waals surface area contributed by atoms with Gasteiger partial charge in [-0.2, -0.15) is 0 Å². The molecule has 3 aromatic rings. The highest BCUT2D eigenvalue weighted by Crippen LogP contribution is 2.27. The Balaban J connectivity index is 1.38. The fourth-order valence-electron chi connectivity index (χ4n) is 4.05. The van der Waals surface area contributed by atoms with Crippen LogP contribution in [-0.2, 0) is 11.2 Å². The third-order valence-electron chi connectivity index (χ3n) is 6.11. The number of Topliss-reactive ketones (excluding diaryl/α,β-unsaturated/α-hetero) is 2. The van der Waals surface area contributed by atoms with E-state index in [1.165, 1.54) is 11.3 Å². The Labute approximate surface area is 219 Å². The van der Waals surface area contributed by atoms with E-state index in [1.54, 1.807) is 12.3 Å². The molecule has 1 aliphatic heterocycles. The normalized spacial score (nSPS) is 14.2. The number of nitrogens with zero attached hydrogens (tertiary/aromatic N) is 5. The molecule has 190 valence electrons. The van der Waals surface area contributed by atoms with E-state index >= 15 is 0 Å². The fourth-order valence-corrected chi connectivity index (χ4v) is 5.10. The van der Waals surface area contributed by atoms with Gasteiger partial charge in [-0.1, -0.05) is 35.1 Å². The maximum atomic E-state index is 12.8. The van der Waals surface area contributed by atoms with Crippen LogP contribution < -0.4 is 10.2 Å². The van der Waals surface area contributed by atoms with Gasteiger partial charge < -0.3 is 15.3 Å². The molecule has 0 amide bonds. The van der Waals surface area contributed by atoms with Crippen molar-refractivity contribution in [2.24, 2.45) is 0 Å². The predicted molar refractivity (Wildman–Crippen MR) is 142 cm³/mol. The summed E-state index contributed by atoms with van der Waals surface area (Å²) in [6, 6.07) is 7.50. The largest absolute Gasteiger partial charge is 0.389 e. The van der Waals surface area contributed by atoms with Gasteiger partial charge >= 0.3 is 0 Å². The lowest BCUT2D eigenvalue weighted by molar-refractivity contribution is -0.122. The fraction of sp³-hybridized carbons (Fsp3) is 0.400. The summed E-state index contributed by atoms with van der Waals surface area (Å²) < 4.78 is 0. The average Bonchev–Trinajstić information content (AvgIpc) is 3.33. The minimum Gasteiger partial charge on any atom is -0.389 e. The lowest BCUT2D eigenvalue weighted by Crippen LogP contribution is -2.47. The van der Waals surface area contributed by atoms with E-state index in [0.29, 0.717) is 39.6 Å². The van der Waals surface area contributed by atoms with Gasteiger partial charge in [-0.15, -0.1) is 0 Å². The number of hydrogen-bond acceptors (Lipinski definition) is 10. The summed E-state index contributed by atoms with van der Waals surface area (Å²) in [5, 5.41) is 13.3. The molecule has 1 aromatic carbocycles. The molecular formula is C25H29ClN6O3S. The molecule has 1 fully saturated rings. The second-order valence-corrected chi connectivity index (χ2v) is 10.2. The first-order valence-corrected chi connectivity index (χ1v) is 13.0. The first-order chi connectivity index (χ1) is 17.3. The number of aliphatic hydroxyl groups excluding tert-OH is 1. The molecule has 0 spiro atoms. The number of hydrogen-bond donors (Lipinski definition) is 2. The van der Waals surface area contributed by atoms with Crippen LogP contribution in [0.15, 0.2) is 30.5 Å². The van der Waals surface area contributed by atoms with Crippen LogP contribution in [0.1, 0.15) is 33.0 Å². The highest BCUT2D eigenvalue weighted by Gasteiger charge is 2.20. The number of aryl methyl sites for hydroxylation is 2. The number of thiazole rings is 1. The van der Waals surface area contributed by atoms with Gasteiger partial charge in [0.1, 0.15) is 24.1 Å². The van der Waals surface area contributed by atoms with Crippen molar-refractivity contribution in [3.63, 3.8) is 0 Å². The quantitative estimate of drug-likeness (QED) is 0.382. The van der Waals surface area contributed by atoms with E-state index < -0.39 is 6.61 Å². The molecule has 0 aliphatic carbocycles. The topological polar surface area (TPSA) is 112 Å². The second kappa shape index (κ2) is 11.9. The van der Waals surface area contributed by atoms with Gasteiger partial charge in [0.15, 0.2) is 16.7 Å². The number of ketones is 2. The third-order valence-corrected chi connectivity index (χ3v) is 7.42. The Kier molecular flexibility index (Phi) is 8.63. The van der Waals surface area contributed by atoms with Gasteiger partial charge in [-0.25, -0.2) is 15.0 Å². The monoisotopic (exact) mass is 528 g/mol. The Morgan fingerprint density at radius 2 is 1.94 bits per heavy atom.